The second kappa shape index (κ2) is 7.59. The largest absolute Gasteiger partial charge is 0.481 e. The summed E-state index contributed by atoms with van der Waals surface area (Å²) in [4.78, 5) is 35.4. The fourth-order valence-corrected chi connectivity index (χ4v) is 2.36. The summed E-state index contributed by atoms with van der Waals surface area (Å²) in [5.41, 5.74) is 6.33. The van der Waals surface area contributed by atoms with E-state index in [4.69, 9.17) is 15.6 Å². The van der Waals surface area contributed by atoms with Crippen LogP contribution in [-0.4, -0.2) is 53.7 Å². The second-order valence-corrected chi connectivity index (χ2v) is 5.26. The molecule has 0 aliphatic carbocycles. The van der Waals surface area contributed by atoms with E-state index in [1.807, 2.05) is 0 Å². The van der Waals surface area contributed by atoms with Gasteiger partial charge in [-0.15, -0.1) is 0 Å². The number of hydrogen-bond acceptors (Lipinski definition) is 4. The average molecular weight is 321 g/mol. The Morgan fingerprint density at radius 2 is 2.00 bits per heavy atom. The Kier molecular flexibility index (Phi) is 5.53. The number of carbonyl (C=O) groups excluding carboxylic acids is 2. The number of carboxylic acid groups (broad SMARTS) is 1. The molecule has 0 saturated carbocycles. The zero-order valence-electron chi connectivity index (χ0n) is 12.5. The van der Waals surface area contributed by atoms with Crippen molar-refractivity contribution in [2.24, 2.45) is 5.73 Å². The molecule has 0 aromatic heterocycles. The SMILES string of the molecule is NC(=O)NCc1ccc(C(=O)N2CCOC(CC(=O)O)C2)cc1. The molecule has 1 saturated heterocycles. The molecule has 1 heterocycles. The highest BCUT2D eigenvalue weighted by Gasteiger charge is 2.26. The third-order valence-electron chi connectivity index (χ3n) is 3.50. The minimum Gasteiger partial charge on any atom is -0.481 e. The number of carboxylic acids is 1. The van der Waals surface area contributed by atoms with Crippen LogP contribution in [0.25, 0.3) is 0 Å². The van der Waals surface area contributed by atoms with Crippen molar-refractivity contribution in [2.75, 3.05) is 19.7 Å². The standard InChI is InChI=1S/C15H19N3O5/c16-15(22)17-8-10-1-3-11(4-2-10)14(21)18-5-6-23-12(9-18)7-13(19)20/h1-4,12H,5-9H2,(H,19,20)(H3,16,17,22). The number of amides is 3. The molecule has 8 nitrogen and oxygen atoms in total. The van der Waals surface area contributed by atoms with E-state index in [-0.39, 0.29) is 18.9 Å². The number of carbonyl (C=O) groups is 3. The van der Waals surface area contributed by atoms with Crippen LogP contribution in [0.2, 0.25) is 0 Å². The number of morpholine rings is 1. The molecular formula is C15H19N3O5. The number of rotatable bonds is 5. The minimum absolute atomic E-state index is 0.124. The summed E-state index contributed by atoms with van der Waals surface area (Å²) in [6, 6.07) is 6.20. The van der Waals surface area contributed by atoms with E-state index < -0.39 is 18.1 Å². The fourth-order valence-electron chi connectivity index (χ4n) is 2.36. The Balaban J connectivity index is 1.96. The van der Waals surface area contributed by atoms with Gasteiger partial charge in [0.1, 0.15) is 0 Å². The number of hydrogen-bond donors (Lipinski definition) is 3. The van der Waals surface area contributed by atoms with Crippen LogP contribution < -0.4 is 11.1 Å². The number of primary amides is 1. The molecule has 0 bridgehead atoms. The Labute approximate surface area is 133 Å². The molecule has 1 atom stereocenters. The maximum absolute atomic E-state index is 12.4. The summed E-state index contributed by atoms with van der Waals surface area (Å²) in [5, 5.41) is 11.3. The molecule has 1 fully saturated rings. The van der Waals surface area contributed by atoms with Crippen LogP contribution in [0, 0.1) is 0 Å². The summed E-state index contributed by atoms with van der Waals surface area (Å²) in [6.07, 6.45) is -0.606. The van der Waals surface area contributed by atoms with Gasteiger partial charge in [-0.2, -0.15) is 0 Å². The van der Waals surface area contributed by atoms with Crippen LogP contribution in [0.3, 0.4) is 0 Å². The highest BCUT2D eigenvalue weighted by molar-refractivity contribution is 5.94. The van der Waals surface area contributed by atoms with Gasteiger partial charge in [0.05, 0.1) is 19.1 Å². The predicted molar refractivity (Wildman–Crippen MR) is 80.8 cm³/mol. The van der Waals surface area contributed by atoms with E-state index in [0.29, 0.717) is 25.3 Å². The third kappa shape index (κ3) is 4.96. The van der Waals surface area contributed by atoms with Gasteiger partial charge >= 0.3 is 12.0 Å². The lowest BCUT2D eigenvalue weighted by Crippen LogP contribution is -2.46. The molecule has 124 valence electrons. The number of nitrogens with one attached hydrogen (secondary N) is 1. The fraction of sp³-hybridized carbons (Fsp3) is 0.400. The number of aliphatic carboxylic acids is 1. The van der Waals surface area contributed by atoms with E-state index in [2.05, 4.69) is 5.32 Å². The molecule has 1 aliphatic rings. The maximum Gasteiger partial charge on any atom is 0.312 e. The summed E-state index contributed by atoms with van der Waals surface area (Å²) < 4.78 is 5.35. The lowest BCUT2D eigenvalue weighted by molar-refractivity contribution is -0.141. The average Bonchev–Trinajstić information content (AvgIpc) is 2.52. The first-order valence-corrected chi connectivity index (χ1v) is 7.20. The Bertz CT molecular complexity index is 587. The molecule has 0 radical (unpaired) electrons. The number of benzene rings is 1. The van der Waals surface area contributed by atoms with Gasteiger partial charge in [-0.05, 0) is 17.7 Å². The van der Waals surface area contributed by atoms with Gasteiger partial charge in [-0.3, -0.25) is 9.59 Å². The Hall–Kier alpha value is -2.61. The Morgan fingerprint density at radius 1 is 1.30 bits per heavy atom. The zero-order chi connectivity index (χ0) is 16.8. The van der Waals surface area contributed by atoms with Crippen LogP contribution in [0.15, 0.2) is 24.3 Å². The lowest BCUT2D eigenvalue weighted by atomic mass is 10.1. The normalized spacial score (nSPS) is 17.6. The first-order valence-electron chi connectivity index (χ1n) is 7.20. The van der Waals surface area contributed by atoms with E-state index in [9.17, 15) is 14.4 Å². The summed E-state index contributed by atoms with van der Waals surface area (Å²) in [5.74, 6) is -1.12. The number of urea groups is 1. The van der Waals surface area contributed by atoms with E-state index in [0.717, 1.165) is 5.56 Å². The van der Waals surface area contributed by atoms with Gasteiger partial charge in [0.15, 0.2) is 0 Å². The van der Waals surface area contributed by atoms with Gasteiger partial charge in [0, 0.05) is 25.2 Å². The molecule has 1 aromatic rings. The summed E-state index contributed by atoms with van der Waals surface area (Å²) in [7, 11) is 0. The molecular weight excluding hydrogens is 302 g/mol. The molecule has 4 N–H and O–H groups in total. The number of nitrogens with two attached hydrogens (primary N) is 1. The quantitative estimate of drug-likeness (QED) is 0.713. The van der Waals surface area contributed by atoms with Gasteiger partial charge in [0.2, 0.25) is 0 Å². The zero-order valence-corrected chi connectivity index (χ0v) is 12.5. The molecule has 3 amide bonds. The third-order valence-corrected chi connectivity index (χ3v) is 3.50. The van der Waals surface area contributed by atoms with Crippen LogP contribution in [0.4, 0.5) is 4.79 Å². The molecule has 23 heavy (non-hydrogen) atoms. The van der Waals surface area contributed by atoms with Crippen molar-refractivity contribution in [3.8, 4) is 0 Å². The van der Waals surface area contributed by atoms with Gasteiger partial charge in [-0.25, -0.2) is 4.79 Å². The first kappa shape index (κ1) is 16.8. The van der Waals surface area contributed by atoms with E-state index in [1.165, 1.54) is 0 Å². The monoisotopic (exact) mass is 321 g/mol. The van der Waals surface area contributed by atoms with Crippen molar-refractivity contribution in [3.05, 3.63) is 35.4 Å². The molecule has 8 heteroatoms. The second-order valence-electron chi connectivity index (χ2n) is 5.26. The number of nitrogens with zero attached hydrogens (tertiary/aromatic N) is 1. The molecule has 2 rings (SSSR count). The van der Waals surface area contributed by atoms with Crippen molar-refractivity contribution in [1.29, 1.82) is 0 Å². The van der Waals surface area contributed by atoms with Crippen LogP contribution in [0.1, 0.15) is 22.3 Å². The van der Waals surface area contributed by atoms with Gasteiger partial charge < -0.3 is 25.8 Å². The van der Waals surface area contributed by atoms with Crippen molar-refractivity contribution < 1.29 is 24.2 Å². The highest BCUT2D eigenvalue weighted by atomic mass is 16.5. The minimum atomic E-state index is -0.949. The lowest BCUT2D eigenvalue weighted by Gasteiger charge is -2.32. The van der Waals surface area contributed by atoms with Gasteiger partial charge in [0.25, 0.3) is 5.91 Å². The van der Waals surface area contributed by atoms with Crippen LogP contribution >= 0.6 is 0 Å². The molecule has 0 spiro atoms. The van der Waals surface area contributed by atoms with Gasteiger partial charge in [-0.1, -0.05) is 12.1 Å². The smallest absolute Gasteiger partial charge is 0.312 e. The first-order chi connectivity index (χ1) is 11.0. The van der Waals surface area contributed by atoms with Crippen LogP contribution in [0.5, 0.6) is 0 Å². The van der Waals surface area contributed by atoms with Crippen LogP contribution in [-0.2, 0) is 16.1 Å². The summed E-state index contributed by atoms with van der Waals surface area (Å²) >= 11 is 0. The Morgan fingerprint density at radius 3 is 2.61 bits per heavy atom. The van der Waals surface area contributed by atoms with Crippen molar-refractivity contribution in [3.63, 3.8) is 0 Å². The highest BCUT2D eigenvalue weighted by Crippen LogP contribution is 2.13. The van der Waals surface area contributed by atoms with E-state index in [1.54, 1.807) is 29.2 Å². The van der Waals surface area contributed by atoms with Crippen molar-refractivity contribution >= 4 is 17.9 Å². The maximum atomic E-state index is 12.4. The predicted octanol–water partition coefficient (Wildman–Crippen LogP) is 0.171. The van der Waals surface area contributed by atoms with Crippen molar-refractivity contribution in [1.82, 2.24) is 10.2 Å². The molecule has 1 aromatic carbocycles. The topological polar surface area (TPSA) is 122 Å². The van der Waals surface area contributed by atoms with E-state index >= 15 is 0 Å². The molecule has 1 unspecified atom stereocenters. The van der Waals surface area contributed by atoms with Crippen molar-refractivity contribution in [2.45, 2.75) is 19.1 Å². The summed E-state index contributed by atoms with van der Waals surface area (Å²) in [6.45, 7) is 1.31. The number of ether oxygens (including phenoxy) is 1. The molecule has 1 aliphatic heterocycles.